The van der Waals surface area contributed by atoms with Gasteiger partial charge in [0, 0.05) is 22.5 Å². The first-order chi connectivity index (χ1) is 12.0. The van der Waals surface area contributed by atoms with E-state index in [1.165, 1.54) is 23.5 Å². The Hall–Kier alpha value is -2.41. The molecule has 0 spiro atoms. The summed E-state index contributed by atoms with van der Waals surface area (Å²) in [6.45, 7) is 6.33. The van der Waals surface area contributed by atoms with Crippen LogP contribution < -0.4 is 11.1 Å². The third-order valence-electron chi connectivity index (χ3n) is 3.50. The number of thiophene rings is 1. The van der Waals surface area contributed by atoms with E-state index in [1.54, 1.807) is 12.1 Å². The van der Waals surface area contributed by atoms with Crippen molar-refractivity contribution in [3.8, 4) is 0 Å². The Labute approximate surface area is 150 Å². The summed E-state index contributed by atoms with van der Waals surface area (Å²) in [7, 11) is 0. The Morgan fingerprint density at radius 2 is 2.12 bits per heavy atom. The molecule has 0 saturated carbocycles. The number of hydrogen-bond donors (Lipinski definition) is 2. The molecule has 7 heteroatoms. The van der Waals surface area contributed by atoms with Crippen molar-refractivity contribution in [2.75, 3.05) is 11.9 Å². The Bertz CT molecular complexity index is 773. The van der Waals surface area contributed by atoms with E-state index < -0.39 is 6.04 Å². The molecule has 0 radical (unpaired) electrons. The fourth-order valence-electron chi connectivity index (χ4n) is 2.38. The van der Waals surface area contributed by atoms with Crippen molar-refractivity contribution in [3.05, 3.63) is 51.5 Å². The molecule has 0 aliphatic carbocycles. The van der Waals surface area contributed by atoms with Crippen LogP contribution in [-0.4, -0.2) is 18.5 Å². The number of amidine groups is 1. The van der Waals surface area contributed by atoms with Gasteiger partial charge in [-0.2, -0.15) is 0 Å². The quantitative estimate of drug-likeness (QED) is 0.856. The van der Waals surface area contributed by atoms with Crippen LogP contribution in [0.1, 0.15) is 46.4 Å². The van der Waals surface area contributed by atoms with Gasteiger partial charge in [0.1, 0.15) is 5.82 Å². The summed E-state index contributed by atoms with van der Waals surface area (Å²) < 4.78 is 19.1. The molecule has 1 atom stereocenters. The van der Waals surface area contributed by atoms with Gasteiger partial charge < -0.3 is 15.8 Å². The maximum absolute atomic E-state index is 14.1. The monoisotopic (exact) mass is 363 g/mol. The van der Waals surface area contributed by atoms with Gasteiger partial charge in [0.05, 0.1) is 17.5 Å². The number of amides is 1. The molecule has 1 unspecified atom stereocenters. The number of benzene rings is 1. The highest BCUT2D eigenvalue weighted by Crippen LogP contribution is 2.29. The number of hydrogen-bond acceptors (Lipinski definition) is 5. The molecule has 25 heavy (non-hydrogen) atoms. The van der Waals surface area contributed by atoms with Crippen molar-refractivity contribution >= 4 is 29.0 Å². The van der Waals surface area contributed by atoms with E-state index in [0.29, 0.717) is 29.2 Å². The molecule has 1 aliphatic rings. The number of nitrogens with two attached hydrogens (primary N) is 1. The summed E-state index contributed by atoms with van der Waals surface area (Å²) in [4.78, 5) is 18.0. The second kappa shape index (κ2) is 8.62. The van der Waals surface area contributed by atoms with E-state index in [-0.39, 0.29) is 17.7 Å². The molecule has 1 aliphatic heterocycles. The van der Waals surface area contributed by atoms with Crippen LogP contribution in [0.5, 0.6) is 0 Å². The number of anilines is 1. The number of aliphatic imine (C=N–C) groups is 1. The van der Waals surface area contributed by atoms with Crippen molar-refractivity contribution in [1.29, 1.82) is 0 Å². The van der Waals surface area contributed by atoms with Gasteiger partial charge in [-0.25, -0.2) is 9.38 Å². The van der Waals surface area contributed by atoms with Gasteiger partial charge in [-0.1, -0.05) is 13.8 Å². The third kappa shape index (κ3) is 4.79. The predicted molar refractivity (Wildman–Crippen MR) is 99.7 cm³/mol. The zero-order valence-corrected chi connectivity index (χ0v) is 15.3. The van der Waals surface area contributed by atoms with Gasteiger partial charge in [-0.3, -0.25) is 4.79 Å². The van der Waals surface area contributed by atoms with Gasteiger partial charge in [0.15, 0.2) is 0 Å². The van der Waals surface area contributed by atoms with Gasteiger partial charge in [0.25, 0.3) is 11.9 Å². The third-order valence-corrected chi connectivity index (χ3v) is 4.50. The summed E-state index contributed by atoms with van der Waals surface area (Å²) >= 11 is 1.41. The summed E-state index contributed by atoms with van der Waals surface area (Å²) in [6.07, 6.45) is 0.541. The number of halogens is 1. The summed E-state index contributed by atoms with van der Waals surface area (Å²) in [5, 5.41) is 2.78. The van der Waals surface area contributed by atoms with Gasteiger partial charge in [0.2, 0.25) is 0 Å². The molecule has 1 amide bonds. The highest BCUT2D eigenvalue weighted by Gasteiger charge is 2.20. The Balaban J connectivity index is 0.00000109. The second-order valence-electron chi connectivity index (χ2n) is 5.22. The Morgan fingerprint density at radius 3 is 2.76 bits per heavy atom. The van der Waals surface area contributed by atoms with E-state index in [1.807, 2.05) is 26.8 Å². The number of nitrogens with one attached hydrogen (secondary N) is 1. The molecular formula is C18H22FN3O2S. The lowest BCUT2D eigenvalue weighted by Crippen LogP contribution is -2.24. The van der Waals surface area contributed by atoms with Crippen LogP contribution >= 0.6 is 11.3 Å². The fraction of sp³-hybridized carbons (Fsp3) is 0.333. The summed E-state index contributed by atoms with van der Waals surface area (Å²) in [5.74, 6) is -0.589. The molecule has 5 nitrogen and oxygen atoms in total. The maximum Gasteiger partial charge on any atom is 0.282 e. The standard InChI is InChI=1S/C16H16FN3O2S.C2H6/c1-9-2-5-14(23-9)15(21)19-10-3-4-12(17)11(8-10)13-6-7-22-16(18)20-13;1-2/h2-5,8,13H,6-7H2,1H3,(H2,18,20)(H,19,21);1-2H3. The van der Waals surface area contributed by atoms with Crippen molar-refractivity contribution in [3.63, 3.8) is 0 Å². The van der Waals surface area contributed by atoms with E-state index in [2.05, 4.69) is 10.3 Å². The number of aryl methyl sites for hydroxylation is 1. The van der Waals surface area contributed by atoms with Gasteiger partial charge in [-0.05, 0) is 37.3 Å². The molecule has 1 aromatic heterocycles. The zero-order valence-electron chi connectivity index (χ0n) is 14.5. The van der Waals surface area contributed by atoms with Crippen molar-refractivity contribution in [2.45, 2.75) is 33.2 Å². The molecule has 3 rings (SSSR count). The number of nitrogens with zero attached hydrogens (tertiary/aromatic N) is 1. The average molecular weight is 363 g/mol. The number of carbonyl (C=O) groups excluding carboxylic acids is 1. The van der Waals surface area contributed by atoms with Crippen LogP contribution in [0.4, 0.5) is 10.1 Å². The van der Waals surface area contributed by atoms with E-state index in [0.717, 1.165) is 4.88 Å². The lowest BCUT2D eigenvalue weighted by atomic mass is 10.0. The molecule has 2 heterocycles. The molecule has 0 fully saturated rings. The molecule has 2 aromatic rings. The van der Waals surface area contributed by atoms with Crippen LogP contribution in [0.15, 0.2) is 35.3 Å². The SMILES string of the molecule is CC.Cc1ccc(C(=O)Nc2ccc(F)c(C3CCOC(N)=N3)c2)s1. The first kappa shape index (κ1) is 18.9. The second-order valence-corrected chi connectivity index (χ2v) is 6.51. The van der Waals surface area contributed by atoms with Crippen LogP contribution in [0.3, 0.4) is 0 Å². The van der Waals surface area contributed by atoms with Crippen LogP contribution in [-0.2, 0) is 4.74 Å². The van der Waals surface area contributed by atoms with Crippen LogP contribution in [0.2, 0.25) is 0 Å². The van der Waals surface area contributed by atoms with Crippen molar-refractivity contribution in [1.82, 2.24) is 0 Å². The van der Waals surface area contributed by atoms with Crippen molar-refractivity contribution < 1.29 is 13.9 Å². The molecule has 0 saturated heterocycles. The molecular weight excluding hydrogens is 341 g/mol. The van der Waals surface area contributed by atoms with Crippen molar-refractivity contribution in [2.24, 2.45) is 10.7 Å². The van der Waals surface area contributed by atoms with Crippen LogP contribution in [0, 0.1) is 12.7 Å². The summed E-state index contributed by atoms with van der Waals surface area (Å²) in [6, 6.07) is 7.77. The smallest absolute Gasteiger partial charge is 0.282 e. The number of ether oxygens (including phenoxy) is 1. The average Bonchev–Trinajstić information content (AvgIpc) is 3.05. The molecule has 0 bridgehead atoms. The predicted octanol–water partition coefficient (Wildman–Crippen LogP) is 4.25. The minimum atomic E-state index is -0.399. The zero-order chi connectivity index (χ0) is 18.4. The Morgan fingerprint density at radius 1 is 1.36 bits per heavy atom. The number of rotatable bonds is 3. The molecule has 134 valence electrons. The maximum atomic E-state index is 14.1. The normalized spacial score (nSPS) is 16.2. The molecule has 3 N–H and O–H groups in total. The first-order valence-electron chi connectivity index (χ1n) is 8.16. The minimum absolute atomic E-state index is 0.0594. The van der Waals surface area contributed by atoms with E-state index in [4.69, 9.17) is 10.5 Å². The van der Waals surface area contributed by atoms with Gasteiger partial charge in [-0.15, -0.1) is 11.3 Å². The lowest BCUT2D eigenvalue weighted by Gasteiger charge is -2.20. The molecule has 1 aromatic carbocycles. The lowest BCUT2D eigenvalue weighted by molar-refractivity contribution is 0.103. The highest BCUT2D eigenvalue weighted by atomic mass is 32.1. The van der Waals surface area contributed by atoms with Gasteiger partial charge >= 0.3 is 0 Å². The number of carbonyl (C=O) groups is 1. The van der Waals surface area contributed by atoms with E-state index in [9.17, 15) is 9.18 Å². The largest absolute Gasteiger partial charge is 0.465 e. The van der Waals surface area contributed by atoms with Crippen LogP contribution in [0.25, 0.3) is 0 Å². The minimum Gasteiger partial charge on any atom is -0.465 e. The topological polar surface area (TPSA) is 76.7 Å². The van der Waals surface area contributed by atoms with E-state index >= 15 is 0 Å². The highest BCUT2D eigenvalue weighted by molar-refractivity contribution is 7.14. The Kier molecular flexibility index (Phi) is 6.52. The first-order valence-corrected chi connectivity index (χ1v) is 8.98. The summed E-state index contributed by atoms with van der Waals surface area (Å²) in [5.41, 5.74) is 6.47. The fourth-order valence-corrected chi connectivity index (χ4v) is 3.14.